The Bertz CT molecular complexity index is 542. The topological polar surface area (TPSA) is 41.6 Å². The average molecular weight is 359 g/mol. The average Bonchev–Trinajstić information content (AvgIpc) is 2.70. The summed E-state index contributed by atoms with van der Waals surface area (Å²) in [6.45, 7) is 2.11. The Morgan fingerprint density at radius 1 is 1.44 bits per heavy atom. The van der Waals surface area contributed by atoms with Gasteiger partial charge in [-0.05, 0) is 36.5 Å². The third kappa shape index (κ3) is 1.66. The smallest absolute Gasteiger partial charge is 0.0709 e. The van der Waals surface area contributed by atoms with Crippen molar-refractivity contribution in [3.63, 3.8) is 0 Å². The summed E-state index contributed by atoms with van der Waals surface area (Å²) in [5.74, 6) is 0. The van der Waals surface area contributed by atoms with Gasteiger partial charge in [-0.25, -0.2) is 0 Å². The van der Waals surface area contributed by atoms with Crippen molar-refractivity contribution in [3.8, 4) is 11.3 Å². The van der Waals surface area contributed by atoms with E-state index in [2.05, 4.69) is 12.0 Å². The van der Waals surface area contributed by atoms with E-state index in [1.54, 1.807) is 11.3 Å². The van der Waals surface area contributed by atoms with E-state index in [4.69, 9.17) is 5.73 Å². The molecule has 3 rings (SSSR count). The van der Waals surface area contributed by atoms with Crippen LogP contribution in [0.15, 0.2) is 6.20 Å². The molecule has 1 radical (unpaired) electrons. The molecule has 3 nitrogen and oxygen atoms in total. The molecule has 0 saturated carbocycles. The third-order valence-corrected chi connectivity index (χ3v) is 4.07. The summed E-state index contributed by atoms with van der Waals surface area (Å²) in [4.78, 5) is 1.29. The number of aryl methyl sites for hydroxylation is 3. The number of nitrogens with zero attached hydrogens (tertiary/aromatic N) is 2. The van der Waals surface area contributed by atoms with E-state index in [-0.39, 0.29) is 41.3 Å². The van der Waals surface area contributed by atoms with Crippen LogP contribution in [0.5, 0.6) is 0 Å². The van der Waals surface area contributed by atoms with Crippen LogP contribution in [0.3, 0.4) is 0 Å². The third-order valence-electron chi connectivity index (χ3n) is 3.10. The first-order chi connectivity index (χ1) is 7.18. The molecule has 81 valence electrons. The maximum absolute atomic E-state index is 8.01. The molecule has 2 aromatic heterocycles. The zero-order valence-electron chi connectivity index (χ0n) is 9.37. The van der Waals surface area contributed by atoms with E-state index in [1.165, 1.54) is 16.0 Å². The Morgan fingerprint density at radius 2 is 2.19 bits per heavy atom. The second-order valence-corrected chi connectivity index (χ2v) is 5.21. The van der Waals surface area contributed by atoms with Crippen LogP contribution in [0.2, 0.25) is 0 Å². The quantitative estimate of drug-likeness (QED) is 0.712. The molecule has 2 aromatic rings. The van der Waals surface area contributed by atoms with Crippen molar-refractivity contribution >= 4 is 16.3 Å². The standard InChI is InChI=1S/C11H12N3S.Pr/c1-6-8-4-3-7-5-13-14(2)10(7)9(8)11(12)15-6;/h5,12H,3-4H2,1-2H3;/q-1;. The molecular weight excluding hydrogens is 347 g/mol. The van der Waals surface area contributed by atoms with Crippen LogP contribution >= 0.6 is 11.3 Å². The summed E-state index contributed by atoms with van der Waals surface area (Å²) in [5.41, 5.74) is 12.9. The van der Waals surface area contributed by atoms with Crippen LogP contribution in [-0.2, 0) is 19.9 Å². The molecule has 1 N–H and O–H groups in total. The van der Waals surface area contributed by atoms with E-state index < -0.39 is 0 Å². The van der Waals surface area contributed by atoms with Gasteiger partial charge in [-0.1, -0.05) is 5.00 Å². The van der Waals surface area contributed by atoms with E-state index >= 15 is 0 Å². The predicted octanol–water partition coefficient (Wildman–Crippen LogP) is 3.24. The first-order valence-electron chi connectivity index (χ1n) is 5.03. The summed E-state index contributed by atoms with van der Waals surface area (Å²) in [6.07, 6.45) is 4.06. The van der Waals surface area contributed by atoms with Gasteiger partial charge in [-0.2, -0.15) is 16.4 Å². The maximum atomic E-state index is 8.01. The Hall–Kier alpha value is 0.0736. The monoisotopic (exact) mass is 359 g/mol. The number of hydrogen-bond acceptors (Lipinski definition) is 2. The maximum Gasteiger partial charge on any atom is 0.0709 e. The Labute approximate surface area is 132 Å². The summed E-state index contributed by atoms with van der Waals surface area (Å²) < 4.78 is 1.90. The molecule has 2 heterocycles. The van der Waals surface area contributed by atoms with Gasteiger partial charge in [0.05, 0.1) is 11.9 Å². The molecule has 0 aliphatic heterocycles. The van der Waals surface area contributed by atoms with E-state index in [0.29, 0.717) is 5.00 Å². The van der Waals surface area contributed by atoms with Crippen LogP contribution in [-0.4, -0.2) is 9.78 Å². The summed E-state index contributed by atoms with van der Waals surface area (Å²) in [6, 6.07) is 0. The minimum absolute atomic E-state index is 0. The van der Waals surface area contributed by atoms with Crippen LogP contribution in [0.1, 0.15) is 16.0 Å². The molecular formula is C11H12N3PrS-. The van der Waals surface area contributed by atoms with Gasteiger partial charge in [0.15, 0.2) is 0 Å². The Morgan fingerprint density at radius 3 is 2.94 bits per heavy atom. The molecule has 16 heavy (non-hydrogen) atoms. The molecule has 0 bridgehead atoms. The van der Waals surface area contributed by atoms with Gasteiger partial charge in [0, 0.05) is 53.2 Å². The molecule has 0 unspecified atom stereocenters. The van der Waals surface area contributed by atoms with Gasteiger partial charge in [0.2, 0.25) is 0 Å². The number of thiophene rings is 1. The van der Waals surface area contributed by atoms with Crippen molar-refractivity contribution in [1.29, 1.82) is 0 Å². The summed E-state index contributed by atoms with van der Waals surface area (Å²) in [5, 5.41) is 4.97. The number of aromatic nitrogens is 2. The van der Waals surface area contributed by atoms with Crippen molar-refractivity contribution in [3.05, 3.63) is 27.9 Å². The fourth-order valence-electron chi connectivity index (χ4n) is 2.38. The normalized spacial score (nSPS) is 12.9. The number of fused-ring (bicyclic) bond motifs is 3. The van der Waals surface area contributed by atoms with Gasteiger partial charge >= 0.3 is 0 Å². The van der Waals surface area contributed by atoms with Crippen molar-refractivity contribution in [2.75, 3.05) is 0 Å². The van der Waals surface area contributed by atoms with E-state index in [9.17, 15) is 0 Å². The molecule has 1 aliphatic carbocycles. The fourth-order valence-corrected chi connectivity index (χ4v) is 3.33. The van der Waals surface area contributed by atoms with Crippen molar-refractivity contribution in [2.45, 2.75) is 19.8 Å². The molecule has 5 heteroatoms. The van der Waals surface area contributed by atoms with E-state index in [0.717, 1.165) is 24.1 Å². The Balaban J connectivity index is 0.000000963. The first-order valence-corrected chi connectivity index (χ1v) is 5.85. The number of hydrogen-bond donors (Lipinski definition) is 0. The second kappa shape index (κ2) is 4.39. The molecule has 0 amide bonds. The van der Waals surface area contributed by atoms with Crippen LogP contribution in [0.25, 0.3) is 17.0 Å². The SMILES string of the molecule is Cc1sc([NH-])c2c1CCc1cnn(C)c1-2.[Pr]. The molecule has 0 fully saturated rings. The van der Waals surface area contributed by atoms with Crippen LogP contribution in [0.4, 0.5) is 5.00 Å². The fraction of sp³-hybridized carbons (Fsp3) is 0.364. The molecule has 0 atom stereocenters. The largest absolute Gasteiger partial charge is 0.690 e. The van der Waals surface area contributed by atoms with Gasteiger partial charge < -0.3 is 5.73 Å². The van der Waals surface area contributed by atoms with Gasteiger partial charge in [-0.15, -0.1) is 0 Å². The zero-order valence-corrected chi connectivity index (χ0v) is 13.9. The minimum Gasteiger partial charge on any atom is -0.690 e. The van der Waals surface area contributed by atoms with Gasteiger partial charge in [0.25, 0.3) is 0 Å². The molecule has 1 aliphatic rings. The Kier molecular flexibility index (Phi) is 3.44. The second-order valence-electron chi connectivity index (χ2n) is 3.98. The molecule has 0 aromatic carbocycles. The van der Waals surface area contributed by atoms with Crippen LogP contribution in [0, 0.1) is 48.2 Å². The predicted molar refractivity (Wildman–Crippen MR) is 62.6 cm³/mol. The number of nitrogens with one attached hydrogen (secondary N) is 1. The van der Waals surface area contributed by atoms with Crippen molar-refractivity contribution < 1.29 is 41.3 Å². The number of rotatable bonds is 0. The summed E-state index contributed by atoms with van der Waals surface area (Å²) >= 11 is 1.59. The first kappa shape index (κ1) is 12.5. The molecule has 0 saturated heterocycles. The van der Waals surface area contributed by atoms with Gasteiger partial charge in [-0.3, -0.25) is 4.68 Å². The van der Waals surface area contributed by atoms with E-state index in [1.807, 2.05) is 17.9 Å². The zero-order chi connectivity index (χ0) is 10.6. The summed E-state index contributed by atoms with van der Waals surface area (Å²) in [7, 11) is 1.96. The minimum atomic E-state index is 0. The van der Waals surface area contributed by atoms with Crippen molar-refractivity contribution in [2.24, 2.45) is 7.05 Å². The van der Waals surface area contributed by atoms with Gasteiger partial charge in [0.1, 0.15) is 0 Å². The van der Waals surface area contributed by atoms with Crippen LogP contribution < -0.4 is 0 Å². The van der Waals surface area contributed by atoms with Crippen molar-refractivity contribution in [1.82, 2.24) is 9.78 Å². The molecule has 0 spiro atoms.